The first kappa shape index (κ1) is 28.8. The number of anilines is 3. The number of unbranched alkanes of at least 4 members (excludes halogenated alkanes) is 2. The molecule has 4 aromatic rings. The van der Waals surface area contributed by atoms with Gasteiger partial charge < -0.3 is 14.8 Å². The Morgan fingerprint density at radius 3 is 2.73 bits per heavy atom. The molecule has 1 atom stereocenters. The molecule has 0 fully saturated rings. The predicted molar refractivity (Wildman–Crippen MR) is 160 cm³/mol. The highest BCUT2D eigenvalue weighted by molar-refractivity contribution is 7.92. The van der Waals surface area contributed by atoms with E-state index in [4.69, 9.17) is 4.42 Å². The maximum Gasteiger partial charge on any atom is 0.302 e. The molecule has 0 radical (unpaired) electrons. The third-order valence-corrected chi connectivity index (χ3v) is 8.65. The summed E-state index contributed by atoms with van der Waals surface area (Å²) in [6.07, 6.45) is 10.2. The topological polar surface area (TPSA) is 121 Å². The van der Waals surface area contributed by atoms with Gasteiger partial charge in [0.25, 0.3) is 10.0 Å². The first-order valence-corrected chi connectivity index (χ1v) is 15.7. The van der Waals surface area contributed by atoms with E-state index in [1.54, 1.807) is 49.0 Å². The SMILES string of the molecule is CCCCCc1coc(N2CCc3cc(S(=O)(=O)Nc4ccc(CCNCC(O)c5cccnc5)cc4)ccc32)n1. The van der Waals surface area contributed by atoms with Crippen molar-refractivity contribution in [2.24, 2.45) is 0 Å². The molecule has 0 saturated carbocycles. The van der Waals surface area contributed by atoms with Gasteiger partial charge in [0.1, 0.15) is 6.26 Å². The highest BCUT2D eigenvalue weighted by atomic mass is 32.2. The average Bonchev–Trinajstić information content (AvgIpc) is 3.63. The van der Waals surface area contributed by atoms with Crippen LogP contribution in [-0.4, -0.2) is 43.1 Å². The van der Waals surface area contributed by atoms with Crippen LogP contribution in [-0.2, 0) is 29.3 Å². The highest BCUT2D eigenvalue weighted by Gasteiger charge is 2.26. The summed E-state index contributed by atoms with van der Waals surface area (Å²) in [6, 6.07) is 16.8. The lowest BCUT2D eigenvalue weighted by atomic mass is 10.1. The van der Waals surface area contributed by atoms with E-state index in [0.29, 0.717) is 37.8 Å². The molecule has 0 aliphatic carbocycles. The van der Waals surface area contributed by atoms with Crippen LogP contribution in [0.5, 0.6) is 0 Å². The molecule has 0 spiro atoms. The summed E-state index contributed by atoms with van der Waals surface area (Å²) >= 11 is 0. The molecule has 9 nitrogen and oxygen atoms in total. The highest BCUT2D eigenvalue weighted by Crippen LogP contribution is 2.35. The van der Waals surface area contributed by atoms with Gasteiger partial charge in [-0.1, -0.05) is 38.0 Å². The number of benzene rings is 2. The van der Waals surface area contributed by atoms with E-state index in [0.717, 1.165) is 53.8 Å². The maximum absolute atomic E-state index is 13.2. The van der Waals surface area contributed by atoms with Gasteiger partial charge in [0, 0.05) is 42.4 Å². The van der Waals surface area contributed by atoms with Crippen LogP contribution in [0.3, 0.4) is 0 Å². The van der Waals surface area contributed by atoms with Crippen LogP contribution in [0.25, 0.3) is 0 Å². The van der Waals surface area contributed by atoms with Gasteiger partial charge in [-0.2, -0.15) is 4.98 Å². The Morgan fingerprint density at radius 1 is 1.10 bits per heavy atom. The number of fused-ring (bicyclic) bond motifs is 1. The van der Waals surface area contributed by atoms with Gasteiger partial charge in [-0.15, -0.1) is 0 Å². The molecule has 1 aliphatic heterocycles. The van der Waals surface area contributed by atoms with Crippen molar-refractivity contribution in [1.29, 1.82) is 0 Å². The first-order valence-electron chi connectivity index (χ1n) is 14.2. The lowest BCUT2D eigenvalue weighted by molar-refractivity contribution is 0.174. The maximum atomic E-state index is 13.2. The van der Waals surface area contributed by atoms with E-state index >= 15 is 0 Å². The summed E-state index contributed by atoms with van der Waals surface area (Å²) in [6.45, 7) is 3.98. The molecule has 1 unspecified atom stereocenters. The second-order valence-corrected chi connectivity index (χ2v) is 12.0. The Kier molecular flexibility index (Phi) is 9.33. The minimum Gasteiger partial charge on any atom is -0.432 e. The molecular weight excluding hydrogens is 538 g/mol. The molecule has 1 aliphatic rings. The largest absolute Gasteiger partial charge is 0.432 e. The number of aryl methyl sites for hydroxylation is 1. The molecule has 2 aromatic heterocycles. The van der Waals surface area contributed by atoms with Crippen LogP contribution in [0.4, 0.5) is 17.4 Å². The molecule has 0 bridgehead atoms. The molecule has 41 heavy (non-hydrogen) atoms. The molecule has 0 saturated heterocycles. The number of hydrogen-bond donors (Lipinski definition) is 3. The van der Waals surface area contributed by atoms with E-state index in [1.165, 1.54) is 6.42 Å². The van der Waals surface area contributed by atoms with Crippen molar-refractivity contribution in [3.63, 3.8) is 0 Å². The van der Waals surface area contributed by atoms with Crippen molar-refractivity contribution in [1.82, 2.24) is 15.3 Å². The summed E-state index contributed by atoms with van der Waals surface area (Å²) in [7, 11) is -3.75. The number of aliphatic hydroxyl groups is 1. The van der Waals surface area contributed by atoms with Gasteiger partial charge >= 0.3 is 6.01 Å². The third-order valence-electron chi connectivity index (χ3n) is 7.27. The number of nitrogens with one attached hydrogen (secondary N) is 2. The summed E-state index contributed by atoms with van der Waals surface area (Å²) in [5, 5.41) is 13.5. The Hall–Kier alpha value is -3.73. The molecule has 10 heteroatoms. The van der Waals surface area contributed by atoms with Crippen LogP contribution in [0.1, 0.15) is 54.7 Å². The summed E-state index contributed by atoms with van der Waals surface area (Å²) in [4.78, 5) is 10.9. The van der Waals surface area contributed by atoms with Crippen molar-refractivity contribution in [3.8, 4) is 0 Å². The van der Waals surface area contributed by atoms with Gasteiger partial charge in [0.05, 0.1) is 16.7 Å². The quantitative estimate of drug-likeness (QED) is 0.176. The molecule has 5 rings (SSSR count). The fourth-order valence-corrected chi connectivity index (χ4v) is 6.06. The number of aromatic nitrogens is 2. The first-order chi connectivity index (χ1) is 19.9. The minimum atomic E-state index is -3.75. The number of oxazole rings is 1. The Morgan fingerprint density at radius 2 is 1.95 bits per heavy atom. The lowest BCUT2D eigenvalue weighted by Gasteiger charge is -2.15. The summed E-state index contributed by atoms with van der Waals surface area (Å²) < 4.78 is 34.8. The Labute approximate surface area is 241 Å². The average molecular weight is 576 g/mol. The summed E-state index contributed by atoms with van der Waals surface area (Å²) in [5.41, 5.74) is 5.18. The molecule has 2 aromatic carbocycles. The number of nitrogens with zero attached hydrogens (tertiary/aromatic N) is 3. The zero-order valence-electron chi connectivity index (χ0n) is 23.3. The van der Waals surface area contributed by atoms with E-state index < -0.39 is 16.1 Å². The van der Waals surface area contributed by atoms with E-state index in [9.17, 15) is 13.5 Å². The zero-order chi connectivity index (χ0) is 28.7. The van der Waals surface area contributed by atoms with Crippen LogP contribution in [0.15, 0.2) is 82.6 Å². The molecular formula is C31H37N5O4S. The van der Waals surface area contributed by atoms with E-state index in [2.05, 4.69) is 26.9 Å². The third kappa shape index (κ3) is 7.32. The molecule has 0 amide bonds. The van der Waals surface area contributed by atoms with Crippen molar-refractivity contribution in [2.75, 3.05) is 29.3 Å². The molecule has 3 heterocycles. The van der Waals surface area contributed by atoms with Crippen LogP contribution in [0, 0.1) is 0 Å². The van der Waals surface area contributed by atoms with Gasteiger partial charge in [-0.05, 0) is 79.8 Å². The van der Waals surface area contributed by atoms with Gasteiger partial charge in [-0.25, -0.2) is 8.42 Å². The second kappa shape index (κ2) is 13.3. The Balaban J connectivity index is 1.14. The van der Waals surface area contributed by atoms with E-state index in [1.807, 2.05) is 29.2 Å². The summed E-state index contributed by atoms with van der Waals surface area (Å²) in [5.74, 6) is 0. The number of aliphatic hydroxyl groups excluding tert-OH is 1. The zero-order valence-corrected chi connectivity index (χ0v) is 24.1. The fourth-order valence-electron chi connectivity index (χ4n) is 4.95. The molecule has 3 N–H and O–H groups in total. The van der Waals surface area contributed by atoms with Crippen LogP contribution in [0.2, 0.25) is 0 Å². The fraction of sp³-hybridized carbons (Fsp3) is 0.355. The van der Waals surface area contributed by atoms with Crippen molar-refractivity contribution < 1.29 is 17.9 Å². The van der Waals surface area contributed by atoms with Gasteiger partial charge in [0.15, 0.2) is 0 Å². The Bertz CT molecular complexity index is 1520. The molecule has 216 valence electrons. The van der Waals surface area contributed by atoms with Crippen molar-refractivity contribution in [3.05, 3.63) is 95.6 Å². The van der Waals surface area contributed by atoms with Gasteiger partial charge in [0.2, 0.25) is 0 Å². The van der Waals surface area contributed by atoms with Gasteiger partial charge in [-0.3, -0.25) is 14.6 Å². The second-order valence-electron chi connectivity index (χ2n) is 10.3. The number of hydrogen-bond acceptors (Lipinski definition) is 8. The lowest BCUT2D eigenvalue weighted by Crippen LogP contribution is -2.23. The van der Waals surface area contributed by atoms with E-state index in [-0.39, 0.29) is 4.90 Å². The van der Waals surface area contributed by atoms with Crippen molar-refractivity contribution >= 4 is 27.4 Å². The number of sulfonamides is 1. The predicted octanol–water partition coefficient (Wildman–Crippen LogP) is 5.16. The smallest absolute Gasteiger partial charge is 0.302 e. The normalized spacial score (nSPS) is 13.8. The monoisotopic (exact) mass is 575 g/mol. The van der Waals surface area contributed by atoms with Crippen molar-refractivity contribution in [2.45, 2.75) is 56.4 Å². The number of pyridine rings is 1. The standard InChI is InChI=1S/C31H37N5O4S/c1-2-3-4-7-27-22-40-31(34-27)36-18-15-24-19-28(12-13-29(24)36)41(38,39)35-26-10-8-23(9-11-26)14-17-33-21-30(37)25-6-5-16-32-20-25/h5-6,8-13,16,19-20,22,30,33,35,37H,2-4,7,14-15,17-18,21H2,1H3. The van der Waals surface area contributed by atoms with Crippen LogP contribution >= 0.6 is 0 Å². The number of rotatable bonds is 14. The minimum absolute atomic E-state index is 0.228. The van der Waals surface area contributed by atoms with Crippen LogP contribution < -0.4 is 14.9 Å².